The van der Waals surface area contributed by atoms with Gasteiger partial charge >= 0.3 is 0 Å². The van der Waals surface area contributed by atoms with Gasteiger partial charge in [0.2, 0.25) is 15.9 Å². The molecule has 1 spiro atoms. The summed E-state index contributed by atoms with van der Waals surface area (Å²) in [5.41, 5.74) is 0.573. The zero-order valence-corrected chi connectivity index (χ0v) is 19.1. The van der Waals surface area contributed by atoms with Crippen LogP contribution in [0.3, 0.4) is 0 Å². The molecule has 8 nitrogen and oxygen atoms in total. The van der Waals surface area contributed by atoms with Crippen LogP contribution in [0.5, 0.6) is 11.5 Å². The molecule has 0 bridgehead atoms. The maximum absolute atomic E-state index is 12.9. The van der Waals surface area contributed by atoms with E-state index in [1.807, 2.05) is 36.9 Å². The minimum absolute atomic E-state index is 0.0698. The van der Waals surface area contributed by atoms with E-state index < -0.39 is 15.7 Å². The van der Waals surface area contributed by atoms with Crippen LogP contribution in [0.1, 0.15) is 38.7 Å². The molecule has 2 heterocycles. The molecule has 1 amide bonds. The number of piperidine rings is 1. The van der Waals surface area contributed by atoms with E-state index in [9.17, 15) is 13.2 Å². The van der Waals surface area contributed by atoms with Crippen LogP contribution in [-0.4, -0.2) is 74.8 Å². The molecule has 1 unspecified atom stereocenters. The van der Waals surface area contributed by atoms with Gasteiger partial charge in [0, 0.05) is 19.6 Å². The van der Waals surface area contributed by atoms with Crippen molar-refractivity contribution in [2.24, 2.45) is 0 Å². The maximum atomic E-state index is 12.9. The van der Waals surface area contributed by atoms with Gasteiger partial charge in [-0.25, -0.2) is 12.7 Å². The molecular weight excluding hydrogens is 406 g/mol. The predicted molar refractivity (Wildman–Crippen MR) is 115 cm³/mol. The average Bonchev–Trinajstić information content (AvgIpc) is 2.95. The second-order valence-electron chi connectivity index (χ2n) is 8.04. The molecule has 0 radical (unpaired) electrons. The minimum Gasteiger partial charge on any atom is -0.493 e. The Balaban J connectivity index is 1.72. The van der Waals surface area contributed by atoms with Gasteiger partial charge in [-0.05, 0) is 50.3 Å². The molecule has 2 saturated heterocycles. The van der Waals surface area contributed by atoms with Gasteiger partial charge in [-0.1, -0.05) is 13.0 Å². The van der Waals surface area contributed by atoms with Gasteiger partial charge in [0.05, 0.1) is 31.7 Å². The monoisotopic (exact) mass is 439 g/mol. The first-order valence-corrected chi connectivity index (χ1v) is 12.1. The summed E-state index contributed by atoms with van der Waals surface area (Å²) in [6.45, 7) is 5.18. The summed E-state index contributed by atoms with van der Waals surface area (Å²) < 4.78 is 37.1. The van der Waals surface area contributed by atoms with Crippen molar-refractivity contribution in [1.82, 2.24) is 14.5 Å². The highest BCUT2D eigenvalue weighted by Gasteiger charge is 2.50. The normalized spacial score (nSPS) is 21.9. The van der Waals surface area contributed by atoms with Crippen LogP contribution >= 0.6 is 0 Å². The van der Waals surface area contributed by atoms with Crippen LogP contribution in [0, 0.1) is 0 Å². The number of nitrogens with one attached hydrogen (secondary N) is 1. The lowest BCUT2D eigenvalue weighted by atomic mass is 9.96. The number of hydrogen-bond acceptors (Lipinski definition) is 6. The zero-order chi connectivity index (χ0) is 21.9. The highest BCUT2D eigenvalue weighted by Crippen LogP contribution is 2.34. The summed E-state index contributed by atoms with van der Waals surface area (Å²) in [4.78, 5) is 14.8. The Labute approximate surface area is 179 Å². The van der Waals surface area contributed by atoms with Crippen molar-refractivity contribution in [3.05, 3.63) is 23.8 Å². The number of methoxy groups -OCH3 is 2. The van der Waals surface area contributed by atoms with Crippen LogP contribution in [0.25, 0.3) is 0 Å². The molecular formula is C21H33N3O5S. The standard InChI is InChI=1S/C21H33N3O5S/c1-5-14-30(26,27)23-12-9-21(10-13-23)22-16(2)20(25)24(21)11-8-17-6-7-18(28-3)19(15-17)29-4/h6-7,15-16,22H,5,8-14H2,1-4H3. The first-order valence-electron chi connectivity index (χ1n) is 10.5. The number of sulfonamides is 1. The lowest BCUT2D eigenvalue weighted by molar-refractivity contribution is -0.132. The van der Waals surface area contributed by atoms with Crippen molar-refractivity contribution >= 4 is 15.9 Å². The maximum Gasteiger partial charge on any atom is 0.240 e. The van der Waals surface area contributed by atoms with Crippen molar-refractivity contribution in [3.8, 4) is 11.5 Å². The molecule has 2 aliphatic rings. The lowest BCUT2D eigenvalue weighted by Gasteiger charge is -2.44. The van der Waals surface area contributed by atoms with Gasteiger partial charge in [-0.15, -0.1) is 0 Å². The van der Waals surface area contributed by atoms with E-state index >= 15 is 0 Å². The fourth-order valence-electron chi connectivity index (χ4n) is 4.52. The van der Waals surface area contributed by atoms with E-state index in [4.69, 9.17) is 9.47 Å². The quantitative estimate of drug-likeness (QED) is 0.662. The predicted octanol–water partition coefficient (Wildman–Crippen LogP) is 1.60. The van der Waals surface area contributed by atoms with E-state index in [0.29, 0.717) is 56.8 Å². The number of carbonyl (C=O) groups excluding carboxylic acids is 1. The van der Waals surface area contributed by atoms with E-state index in [0.717, 1.165) is 5.56 Å². The number of rotatable bonds is 8. The van der Waals surface area contributed by atoms with Crippen LogP contribution < -0.4 is 14.8 Å². The highest BCUT2D eigenvalue weighted by atomic mass is 32.2. The smallest absolute Gasteiger partial charge is 0.240 e. The van der Waals surface area contributed by atoms with Crippen molar-refractivity contribution in [3.63, 3.8) is 0 Å². The number of ether oxygens (including phenoxy) is 2. The molecule has 2 fully saturated rings. The largest absolute Gasteiger partial charge is 0.493 e. The molecule has 1 N–H and O–H groups in total. The molecule has 9 heteroatoms. The van der Waals surface area contributed by atoms with Crippen molar-refractivity contribution in [2.75, 3.05) is 39.6 Å². The Bertz CT molecular complexity index is 865. The van der Waals surface area contributed by atoms with E-state index in [1.54, 1.807) is 18.5 Å². The number of amides is 1. The van der Waals surface area contributed by atoms with Gasteiger partial charge in [0.1, 0.15) is 0 Å². The molecule has 1 atom stereocenters. The van der Waals surface area contributed by atoms with Gasteiger partial charge < -0.3 is 14.4 Å². The SMILES string of the molecule is CCCS(=O)(=O)N1CCC2(CC1)NC(C)C(=O)N2CCc1ccc(OC)c(OC)c1. The van der Waals surface area contributed by atoms with Crippen molar-refractivity contribution in [1.29, 1.82) is 0 Å². The second-order valence-corrected chi connectivity index (χ2v) is 10.1. The molecule has 3 rings (SSSR count). The third kappa shape index (κ3) is 4.43. The Kier molecular flexibility index (Phi) is 6.94. The third-order valence-electron chi connectivity index (χ3n) is 6.12. The fourth-order valence-corrected chi connectivity index (χ4v) is 6.04. The topological polar surface area (TPSA) is 88.2 Å². The van der Waals surface area contributed by atoms with Crippen LogP contribution in [0.2, 0.25) is 0 Å². The number of benzene rings is 1. The van der Waals surface area contributed by atoms with Gasteiger partial charge in [-0.3, -0.25) is 10.1 Å². The Morgan fingerprint density at radius 2 is 1.83 bits per heavy atom. The molecule has 0 aliphatic carbocycles. The first kappa shape index (κ1) is 22.8. The second kappa shape index (κ2) is 9.11. The van der Waals surface area contributed by atoms with Gasteiger partial charge in [-0.2, -0.15) is 0 Å². The third-order valence-corrected chi connectivity index (χ3v) is 8.19. The summed E-state index contributed by atoms with van der Waals surface area (Å²) >= 11 is 0. The summed E-state index contributed by atoms with van der Waals surface area (Å²) in [5, 5.41) is 3.46. The van der Waals surface area contributed by atoms with Gasteiger partial charge in [0.25, 0.3) is 0 Å². The Hall–Kier alpha value is -1.84. The lowest BCUT2D eigenvalue weighted by Crippen LogP contribution is -2.59. The van der Waals surface area contributed by atoms with Crippen molar-refractivity contribution in [2.45, 2.75) is 51.2 Å². The average molecular weight is 440 g/mol. The minimum atomic E-state index is -3.22. The summed E-state index contributed by atoms with van der Waals surface area (Å²) in [7, 11) is -0.0121. The summed E-state index contributed by atoms with van der Waals surface area (Å²) in [6.07, 6.45) is 2.48. The molecule has 0 saturated carbocycles. The molecule has 30 heavy (non-hydrogen) atoms. The van der Waals surface area contributed by atoms with E-state index in [1.165, 1.54) is 0 Å². The van der Waals surface area contributed by atoms with Crippen LogP contribution in [0.4, 0.5) is 0 Å². The Morgan fingerprint density at radius 3 is 2.43 bits per heavy atom. The first-order chi connectivity index (χ1) is 14.3. The fraction of sp³-hybridized carbons (Fsp3) is 0.667. The number of nitrogens with zero attached hydrogens (tertiary/aromatic N) is 2. The van der Waals surface area contributed by atoms with Crippen LogP contribution in [0.15, 0.2) is 18.2 Å². The summed E-state index contributed by atoms with van der Waals surface area (Å²) in [5.74, 6) is 1.58. The van der Waals surface area contributed by atoms with Crippen molar-refractivity contribution < 1.29 is 22.7 Å². The highest BCUT2D eigenvalue weighted by molar-refractivity contribution is 7.89. The molecule has 1 aromatic carbocycles. The molecule has 168 valence electrons. The van der Waals surface area contributed by atoms with E-state index in [2.05, 4.69) is 5.32 Å². The number of carbonyl (C=O) groups is 1. The van der Waals surface area contributed by atoms with E-state index in [-0.39, 0.29) is 17.7 Å². The summed E-state index contributed by atoms with van der Waals surface area (Å²) in [6, 6.07) is 5.51. The molecule has 0 aromatic heterocycles. The zero-order valence-electron chi connectivity index (χ0n) is 18.3. The molecule has 1 aromatic rings. The van der Waals surface area contributed by atoms with Gasteiger partial charge in [0.15, 0.2) is 11.5 Å². The Morgan fingerprint density at radius 1 is 1.17 bits per heavy atom. The molecule has 2 aliphatic heterocycles. The van der Waals surface area contributed by atoms with Crippen LogP contribution in [-0.2, 0) is 21.2 Å². The number of hydrogen-bond donors (Lipinski definition) is 1.